The van der Waals surface area contributed by atoms with Gasteiger partial charge in [0.25, 0.3) is 0 Å². The number of ether oxygens (including phenoxy) is 1. The summed E-state index contributed by atoms with van der Waals surface area (Å²) in [6.45, 7) is 3.20. The number of rotatable bonds is 4. The molecule has 1 aromatic carbocycles. The quantitative estimate of drug-likeness (QED) is 0.360. The normalized spacial score (nSPS) is 11.4. The van der Waals surface area contributed by atoms with Crippen LogP contribution in [0, 0.1) is 19.7 Å². The third-order valence-corrected chi connectivity index (χ3v) is 5.69. The highest BCUT2D eigenvalue weighted by molar-refractivity contribution is 6.19. The predicted molar refractivity (Wildman–Crippen MR) is 120 cm³/mol. The number of phenols is 1. The molecular weight excluding hydrogens is 427 g/mol. The first-order chi connectivity index (χ1) is 15.8. The molecule has 0 fully saturated rings. The van der Waals surface area contributed by atoms with Crippen LogP contribution in [0.4, 0.5) is 10.2 Å². The van der Waals surface area contributed by atoms with Crippen molar-refractivity contribution < 1.29 is 19.0 Å². The lowest BCUT2D eigenvalue weighted by molar-refractivity contribution is 0.103. The maximum atomic E-state index is 14.5. The number of carbonyl (C=O) groups is 1. The number of aromatic hydroxyl groups is 1. The van der Waals surface area contributed by atoms with Crippen molar-refractivity contribution in [1.29, 1.82) is 0 Å². The molecule has 4 aromatic heterocycles. The highest BCUT2D eigenvalue weighted by Crippen LogP contribution is 2.37. The highest BCUT2D eigenvalue weighted by atomic mass is 19.1. The number of hydrogen-bond donors (Lipinski definition) is 3. The number of phenolic OH excluding ortho intramolecular Hbond substituents is 1. The number of nitrogens with two attached hydrogens (primary N) is 1. The van der Waals surface area contributed by atoms with Crippen LogP contribution in [-0.2, 0) is 0 Å². The molecule has 0 saturated heterocycles. The summed E-state index contributed by atoms with van der Waals surface area (Å²) in [5, 5.41) is 10.2. The molecule has 0 spiro atoms. The number of nitrogens with one attached hydrogen (secondary N) is 1. The standard InChI is InChI=1S/C23H19FN6O3/c1-10-12(24)8-16(31)11(2)20(10)30-22(25)18(19-23(30)27-7-6-26-19)21(32)15-9-14-13(28-15)4-5-17(29-14)33-3/h4-9,28,31H,25H2,1-3H3. The lowest BCUT2D eigenvalue weighted by Gasteiger charge is -2.16. The van der Waals surface area contributed by atoms with Crippen LogP contribution in [0.2, 0.25) is 0 Å². The maximum absolute atomic E-state index is 14.5. The summed E-state index contributed by atoms with van der Waals surface area (Å²) in [6.07, 6.45) is 2.90. The van der Waals surface area contributed by atoms with Crippen molar-refractivity contribution in [3.05, 3.63) is 64.9 Å². The Bertz CT molecular complexity index is 1560. The summed E-state index contributed by atoms with van der Waals surface area (Å²) >= 11 is 0. The number of fused-ring (bicyclic) bond motifs is 2. The van der Waals surface area contributed by atoms with Crippen molar-refractivity contribution in [3.8, 4) is 17.3 Å². The third kappa shape index (κ3) is 2.99. The molecule has 33 heavy (non-hydrogen) atoms. The molecule has 0 aliphatic heterocycles. The smallest absolute Gasteiger partial charge is 0.215 e. The molecule has 9 nitrogen and oxygen atoms in total. The van der Waals surface area contributed by atoms with Gasteiger partial charge in [0, 0.05) is 35.7 Å². The van der Waals surface area contributed by atoms with E-state index in [4.69, 9.17) is 10.5 Å². The number of ketones is 1. The number of carbonyl (C=O) groups excluding carboxylic acids is 1. The molecule has 5 aromatic rings. The summed E-state index contributed by atoms with van der Waals surface area (Å²) in [6, 6.07) is 6.08. The maximum Gasteiger partial charge on any atom is 0.215 e. The number of H-pyrrole nitrogens is 1. The second kappa shape index (κ2) is 7.30. The fourth-order valence-electron chi connectivity index (χ4n) is 4.02. The van der Waals surface area contributed by atoms with Gasteiger partial charge in [0.2, 0.25) is 11.7 Å². The van der Waals surface area contributed by atoms with Crippen LogP contribution in [0.3, 0.4) is 0 Å². The first-order valence-corrected chi connectivity index (χ1v) is 10.00. The van der Waals surface area contributed by atoms with E-state index in [1.54, 1.807) is 32.0 Å². The average molecular weight is 446 g/mol. The first-order valence-electron chi connectivity index (χ1n) is 10.00. The van der Waals surface area contributed by atoms with Gasteiger partial charge in [-0.3, -0.25) is 14.3 Å². The minimum atomic E-state index is -0.609. The lowest BCUT2D eigenvalue weighted by Crippen LogP contribution is -2.10. The predicted octanol–water partition coefficient (Wildman–Crippen LogP) is 3.58. The number of hydrogen-bond acceptors (Lipinski definition) is 7. The number of aromatic amines is 1. The Morgan fingerprint density at radius 1 is 1.18 bits per heavy atom. The summed E-state index contributed by atoms with van der Waals surface area (Å²) in [5.74, 6) is -0.825. The van der Waals surface area contributed by atoms with Crippen LogP contribution in [0.1, 0.15) is 27.2 Å². The van der Waals surface area contributed by atoms with Crippen molar-refractivity contribution in [2.75, 3.05) is 12.8 Å². The topological polar surface area (TPSA) is 132 Å². The zero-order chi connectivity index (χ0) is 23.4. The van der Waals surface area contributed by atoms with E-state index in [1.807, 2.05) is 0 Å². The van der Waals surface area contributed by atoms with Gasteiger partial charge in [-0.05, 0) is 26.0 Å². The number of benzene rings is 1. The second-order valence-corrected chi connectivity index (χ2v) is 7.60. The zero-order valence-corrected chi connectivity index (χ0v) is 18.0. The van der Waals surface area contributed by atoms with Crippen LogP contribution in [0.5, 0.6) is 11.6 Å². The largest absolute Gasteiger partial charge is 0.507 e. The van der Waals surface area contributed by atoms with Gasteiger partial charge < -0.3 is 20.6 Å². The van der Waals surface area contributed by atoms with E-state index < -0.39 is 11.6 Å². The fourth-order valence-corrected chi connectivity index (χ4v) is 4.02. The number of nitrogens with zero attached hydrogens (tertiary/aromatic N) is 4. The first kappa shape index (κ1) is 20.4. The molecule has 4 N–H and O–H groups in total. The molecule has 166 valence electrons. The lowest BCUT2D eigenvalue weighted by atomic mass is 10.1. The van der Waals surface area contributed by atoms with Crippen molar-refractivity contribution in [1.82, 2.24) is 24.5 Å². The van der Waals surface area contributed by atoms with Gasteiger partial charge in [0.05, 0.1) is 35.1 Å². The Balaban J connectivity index is 1.77. The molecular formula is C23H19FN6O3. The van der Waals surface area contributed by atoms with Crippen LogP contribution in [0.25, 0.3) is 27.9 Å². The minimum absolute atomic E-state index is 0.0293. The van der Waals surface area contributed by atoms with Crippen LogP contribution >= 0.6 is 0 Å². The van der Waals surface area contributed by atoms with Gasteiger partial charge in [-0.15, -0.1) is 0 Å². The van der Waals surface area contributed by atoms with Gasteiger partial charge in [-0.2, -0.15) is 0 Å². The number of halogens is 1. The van der Waals surface area contributed by atoms with Gasteiger partial charge in [-0.25, -0.2) is 14.4 Å². The van der Waals surface area contributed by atoms with Crippen LogP contribution in [-0.4, -0.2) is 42.5 Å². The monoisotopic (exact) mass is 446 g/mol. The Morgan fingerprint density at radius 2 is 1.94 bits per heavy atom. The average Bonchev–Trinajstić information content (AvgIpc) is 3.36. The Hall–Kier alpha value is -4.47. The number of nitrogen functional groups attached to an aromatic ring is 1. The Labute approximate surface area is 186 Å². The van der Waals surface area contributed by atoms with Gasteiger partial charge in [0.1, 0.15) is 22.9 Å². The van der Waals surface area contributed by atoms with E-state index in [9.17, 15) is 14.3 Å². The summed E-state index contributed by atoms with van der Waals surface area (Å²) in [5.41, 5.74) is 9.50. The van der Waals surface area contributed by atoms with Crippen molar-refractivity contribution >= 4 is 33.8 Å². The third-order valence-electron chi connectivity index (χ3n) is 5.69. The number of methoxy groups -OCH3 is 1. The number of anilines is 1. The molecule has 5 rings (SSSR count). The molecule has 0 amide bonds. The summed E-state index contributed by atoms with van der Waals surface area (Å²) in [7, 11) is 1.51. The zero-order valence-electron chi connectivity index (χ0n) is 18.0. The molecule has 10 heteroatoms. The second-order valence-electron chi connectivity index (χ2n) is 7.60. The van der Waals surface area contributed by atoms with Gasteiger partial charge >= 0.3 is 0 Å². The van der Waals surface area contributed by atoms with E-state index in [2.05, 4.69) is 19.9 Å². The van der Waals surface area contributed by atoms with Gasteiger partial charge in [0.15, 0.2) is 5.65 Å². The van der Waals surface area contributed by atoms with E-state index >= 15 is 0 Å². The molecule has 0 radical (unpaired) electrons. The Morgan fingerprint density at radius 3 is 2.70 bits per heavy atom. The van der Waals surface area contributed by atoms with Crippen molar-refractivity contribution in [2.24, 2.45) is 0 Å². The van der Waals surface area contributed by atoms with E-state index in [-0.39, 0.29) is 39.6 Å². The van der Waals surface area contributed by atoms with E-state index in [0.717, 1.165) is 6.07 Å². The molecule has 4 heterocycles. The van der Waals surface area contributed by atoms with Crippen molar-refractivity contribution in [2.45, 2.75) is 13.8 Å². The Kier molecular flexibility index (Phi) is 4.52. The molecule has 0 aliphatic carbocycles. The van der Waals surface area contributed by atoms with Crippen LogP contribution < -0.4 is 10.5 Å². The minimum Gasteiger partial charge on any atom is -0.507 e. The molecule has 0 bridgehead atoms. The molecule has 0 saturated carbocycles. The molecule has 0 aliphatic rings. The fraction of sp³-hybridized carbons (Fsp3) is 0.130. The van der Waals surface area contributed by atoms with E-state index in [0.29, 0.717) is 28.2 Å². The van der Waals surface area contributed by atoms with Gasteiger partial charge in [-0.1, -0.05) is 0 Å². The molecule has 0 unspecified atom stereocenters. The summed E-state index contributed by atoms with van der Waals surface area (Å²) in [4.78, 5) is 29.6. The van der Waals surface area contributed by atoms with E-state index in [1.165, 1.54) is 24.1 Å². The SMILES string of the molecule is COc1ccc2[nH]c(C(=O)c3c(N)n(-c4c(C)c(O)cc(F)c4C)c4nccnc34)cc2n1. The van der Waals surface area contributed by atoms with Crippen LogP contribution in [0.15, 0.2) is 36.7 Å². The van der Waals surface area contributed by atoms with Crippen molar-refractivity contribution in [3.63, 3.8) is 0 Å². The highest BCUT2D eigenvalue weighted by Gasteiger charge is 2.28. The molecule has 0 atom stereocenters. The summed E-state index contributed by atoms with van der Waals surface area (Å²) < 4.78 is 21.1. The number of aromatic nitrogens is 5. The number of pyridine rings is 1.